The Morgan fingerprint density at radius 2 is 1.87 bits per heavy atom. The van der Waals surface area contributed by atoms with Crippen LogP contribution < -0.4 is 15.4 Å². The standard InChI is InChI=1S/C20H28N2O5.CH2O2/c1-26-18-5-3-2-4-13(18)12-19(24)22-16-10-14(11-17(16)23)20(25)21-15-6-8-27-9-7-15;2-1-3/h2-5,14-17,23H,6-12H2,1H3,(H,21,25)(H,22,24);1H,(H,2,3)/t14-,16+,17+;/m0./s1. The maximum absolute atomic E-state index is 12.5. The van der Waals surface area contributed by atoms with E-state index in [9.17, 15) is 14.7 Å². The average Bonchev–Trinajstić information content (AvgIpc) is 3.10. The predicted molar refractivity (Wildman–Crippen MR) is 108 cm³/mol. The third kappa shape index (κ3) is 7.00. The molecule has 9 nitrogen and oxygen atoms in total. The first-order chi connectivity index (χ1) is 14.5. The highest BCUT2D eigenvalue weighted by Crippen LogP contribution is 2.27. The van der Waals surface area contributed by atoms with Gasteiger partial charge in [-0.05, 0) is 31.7 Å². The molecule has 3 rings (SSSR count). The molecule has 1 saturated carbocycles. The number of methoxy groups -OCH3 is 1. The van der Waals surface area contributed by atoms with Crippen LogP contribution in [0.4, 0.5) is 0 Å². The first-order valence-electron chi connectivity index (χ1n) is 10.0. The van der Waals surface area contributed by atoms with Crippen molar-refractivity contribution in [2.45, 2.75) is 50.3 Å². The van der Waals surface area contributed by atoms with E-state index in [0.29, 0.717) is 31.8 Å². The van der Waals surface area contributed by atoms with Gasteiger partial charge in [-0.25, -0.2) is 0 Å². The lowest BCUT2D eigenvalue weighted by molar-refractivity contribution is -0.126. The molecule has 0 spiro atoms. The van der Waals surface area contributed by atoms with Crippen LogP contribution in [0.3, 0.4) is 0 Å². The Morgan fingerprint density at radius 3 is 2.53 bits per heavy atom. The van der Waals surface area contributed by atoms with Crippen molar-refractivity contribution in [3.63, 3.8) is 0 Å². The van der Waals surface area contributed by atoms with Gasteiger partial charge >= 0.3 is 0 Å². The fraction of sp³-hybridized carbons (Fsp3) is 0.571. The van der Waals surface area contributed by atoms with Crippen LogP contribution in [0.1, 0.15) is 31.2 Å². The van der Waals surface area contributed by atoms with Crippen molar-refractivity contribution in [3.8, 4) is 5.75 Å². The SMILES string of the molecule is COc1ccccc1CC(=O)N[C@@H]1C[C@H](C(=O)NC2CCOCC2)C[C@H]1O.O=CO. The molecule has 0 aromatic heterocycles. The van der Waals surface area contributed by atoms with Crippen LogP contribution in [0.2, 0.25) is 0 Å². The molecule has 3 atom stereocenters. The third-order valence-electron chi connectivity index (χ3n) is 5.36. The highest BCUT2D eigenvalue weighted by Gasteiger charge is 2.38. The van der Waals surface area contributed by atoms with E-state index in [4.69, 9.17) is 19.4 Å². The number of aliphatic hydroxyl groups is 1. The fourth-order valence-electron chi connectivity index (χ4n) is 3.83. The number of para-hydroxylation sites is 1. The predicted octanol–water partition coefficient (Wildman–Crippen LogP) is 0.489. The normalized spacial score (nSPS) is 23.6. The van der Waals surface area contributed by atoms with Crippen molar-refractivity contribution in [2.24, 2.45) is 5.92 Å². The van der Waals surface area contributed by atoms with E-state index in [-0.39, 0.29) is 36.7 Å². The molecule has 166 valence electrons. The number of ether oxygens (including phenoxy) is 2. The number of nitrogens with one attached hydrogen (secondary N) is 2. The van der Waals surface area contributed by atoms with Gasteiger partial charge < -0.3 is 30.3 Å². The van der Waals surface area contributed by atoms with Crippen molar-refractivity contribution in [1.29, 1.82) is 0 Å². The lowest BCUT2D eigenvalue weighted by Gasteiger charge is -2.24. The number of hydrogen-bond acceptors (Lipinski definition) is 6. The molecule has 2 fully saturated rings. The summed E-state index contributed by atoms with van der Waals surface area (Å²) in [5.74, 6) is 0.157. The molecule has 9 heteroatoms. The molecule has 4 N–H and O–H groups in total. The van der Waals surface area contributed by atoms with Crippen molar-refractivity contribution in [2.75, 3.05) is 20.3 Å². The summed E-state index contributed by atoms with van der Waals surface area (Å²) in [4.78, 5) is 33.2. The fourth-order valence-corrected chi connectivity index (χ4v) is 3.83. The number of aliphatic hydroxyl groups excluding tert-OH is 1. The monoisotopic (exact) mass is 422 g/mol. The van der Waals surface area contributed by atoms with Gasteiger partial charge in [-0.1, -0.05) is 18.2 Å². The molecule has 1 aromatic carbocycles. The molecule has 30 heavy (non-hydrogen) atoms. The molecular weight excluding hydrogens is 392 g/mol. The largest absolute Gasteiger partial charge is 0.496 e. The lowest BCUT2D eigenvalue weighted by atomic mass is 10.0. The smallest absolute Gasteiger partial charge is 0.290 e. The van der Waals surface area contributed by atoms with Crippen LogP contribution in [0.5, 0.6) is 5.75 Å². The number of benzene rings is 1. The van der Waals surface area contributed by atoms with Crippen LogP contribution in [0.25, 0.3) is 0 Å². The molecule has 0 bridgehead atoms. The Labute approximate surface area is 175 Å². The maximum Gasteiger partial charge on any atom is 0.290 e. The van der Waals surface area contributed by atoms with Crippen LogP contribution in [-0.4, -0.2) is 67.0 Å². The quantitative estimate of drug-likeness (QED) is 0.490. The van der Waals surface area contributed by atoms with Crippen molar-refractivity contribution >= 4 is 18.3 Å². The van der Waals surface area contributed by atoms with E-state index in [0.717, 1.165) is 18.4 Å². The number of carbonyl (C=O) groups excluding carboxylic acids is 2. The number of hydrogen-bond donors (Lipinski definition) is 4. The molecule has 1 saturated heterocycles. The minimum absolute atomic E-state index is 0.0394. The summed E-state index contributed by atoms with van der Waals surface area (Å²) in [6.07, 6.45) is 1.92. The maximum atomic E-state index is 12.5. The van der Waals surface area contributed by atoms with Gasteiger partial charge in [-0.3, -0.25) is 14.4 Å². The number of carbonyl (C=O) groups is 3. The Balaban J connectivity index is 0.00000101. The first kappa shape index (κ1) is 23.6. The third-order valence-corrected chi connectivity index (χ3v) is 5.36. The molecule has 1 aliphatic carbocycles. The lowest BCUT2D eigenvalue weighted by Crippen LogP contribution is -2.42. The van der Waals surface area contributed by atoms with Crippen molar-refractivity contribution in [3.05, 3.63) is 29.8 Å². The molecule has 1 aromatic rings. The Morgan fingerprint density at radius 1 is 1.20 bits per heavy atom. The number of amides is 2. The first-order valence-corrected chi connectivity index (χ1v) is 10.0. The van der Waals surface area contributed by atoms with Crippen LogP contribution in [0, 0.1) is 5.92 Å². The van der Waals surface area contributed by atoms with Gasteiger partial charge in [-0.15, -0.1) is 0 Å². The van der Waals surface area contributed by atoms with Gasteiger partial charge in [-0.2, -0.15) is 0 Å². The minimum Gasteiger partial charge on any atom is -0.496 e. The molecule has 0 unspecified atom stereocenters. The van der Waals surface area contributed by atoms with E-state index in [1.807, 2.05) is 24.3 Å². The van der Waals surface area contributed by atoms with Crippen LogP contribution in [-0.2, 0) is 25.5 Å². The summed E-state index contributed by atoms with van der Waals surface area (Å²) in [7, 11) is 1.57. The van der Waals surface area contributed by atoms with Crippen LogP contribution >= 0.6 is 0 Å². The van der Waals surface area contributed by atoms with Gasteiger partial charge in [0.05, 0.1) is 25.7 Å². The molecule has 1 heterocycles. The van der Waals surface area contributed by atoms with Crippen LogP contribution in [0.15, 0.2) is 24.3 Å². The van der Waals surface area contributed by atoms with E-state index in [1.54, 1.807) is 7.11 Å². The summed E-state index contributed by atoms with van der Waals surface area (Å²) in [6, 6.07) is 7.09. The summed E-state index contributed by atoms with van der Waals surface area (Å²) < 4.78 is 10.6. The summed E-state index contributed by atoms with van der Waals surface area (Å²) >= 11 is 0. The zero-order chi connectivity index (χ0) is 21.9. The molecule has 2 amide bonds. The average molecular weight is 422 g/mol. The molecule has 0 radical (unpaired) electrons. The number of rotatable bonds is 6. The van der Waals surface area contributed by atoms with Crippen molar-refractivity contribution in [1.82, 2.24) is 10.6 Å². The second-order valence-corrected chi connectivity index (χ2v) is 7.40. The second-order valence-electron chi connectivity index (χ2n) is 7.40. The Bertz CT molecular complexity index is 706. The summed E-state index contributed by atoms with van der Waals surface area (Å²) in [6.45, 7) is 1.08. The molecule has 1 aliphatic heterocycles. The van der Waals surface area contributed by atoms with Gasteiger partial charge in [0.1, 0.15) is 5.75 Å². The van der Waals surface area contributed by atoms with Gasteiger partial charge in [0.2, 0.25) is 11.8 Å². The van der Waals surface area contributed by atoms with Gasteiger partial charge in [0.15, 0.2) is 0 Å². The van der Waals surface area contributed by atoms with E-state index in [1.165, 1.54) is 0 Å². The minimum atomic E-state index is -0.711. The highest BCUT2D eigenvalue weighted by atomic mass is 16.5. The van der Waals surface area contributed by atoms with E-state index in [2.05, 4.69) is 10.6 Å². The second kappa shape index (κ2) is 12.1. The highest BCUT2D eigenvalue weighted by molar-refractivity contribution is 5.81. The zero-order valence-corrected chi connectivity index (χ0v) is 17.1. The molecular formula is C21H30N2O7. The van der Waals surface area contributed by atoms with Gasteiger partial charge in [0, 0.05) is 30.7 Å². The Hall–Kier alpha value is -2.65. The van der Waals surface area contributed by atoms with E-state index >= 15 is 0 Å². The summed E-state index contributed by atoms with van der Waals surface area (Å²) in [5.41, 5.74) is 0.791. The topological polar surface area (TPSA) is 134 Å². The molecule has 2 aliphatic rings. The summed E-state index contributed by atoms with van der Waals surface area (Å²) in [5, 5.41) is 23.1. The van der Waals surface area contributed by atoms with E-state index < -0.39 is 12.1 Å². The Kier molecular flexibility index (Phi) is 9.56. The zero-order valence-electron chi connectivity index (χ0n) is 17.1. The van der Waals surface area contributed by atoms with Crippen molar-refractivity contribution < 1.29 is 34.1 Å². The number of carboxylic acid groups (broad SMARTS) is 1. The van der Waals surface area contributed by atoms with Gasteiger partial charge in [0.25, 0.3) is 6.47 Å².